The van der Waals surface area contributed by atoms with E-state index in [0.717, 1.165) is 96.3 Å². The molecule has 2 unspecified atom stereocenters. The number of esters is 4. The van der Waals surface area contributed by atoms with Crippen LogP contribution in [0.25, 0.3) is 0 Å². The summed E-state index contributed by atoms with van der Waals surface area (Å²) >= 11 is 0. The monoisotopic (exact) mass is 1310 g/mol. The van der Waals surface area contributed by atoms with Gasteiger partial charge in [0.25, 0.3) is 0 Å². The van der Waals surface area contributed by atoms with E-state index in [1.807, 2.05) is 0 Å². The summed E-state index contributed by atoms with van der Waals surface area (Å²) in [6, 6.07) is 0. The van der Waals surface area contributed by atoms with Gasteiger partial charge in [-0.3, -0.25) is 37.3 Å². The molecule has 0 aliphatic carbocycles. The minimum atomic E-state index is -4.95. The zero-order valence-corrected chi connectivity index (χ0v) is 59.2. The molecule has 0 aromatic rings. The van der Waals surface area contributed by atoms with Crippen LogP contribution in [0.5, 0.6) is 0 Å². The predicted molar refractivity (Wildman–Crippen MR) is 359 cm³/mol. The first-order valence-electron chi connectivity index (χ1n) is 36.8. The summed E-state index contributed by atoms with van der Waals surface area (Å²) in [4.78, 5) is 72.4. The van der Waals surface area contributed by atoms with Gasteiger partial charge in [0.15, 0.2) is 12.2 Å². The van der Waals surface area contributed by atoms with Crippen molar-refractivity contribution in [2.24, 2.45) is 0 Å². The number of phosphoric acid groups is 2. The van der Waals surface area contributed by atoms with Crippen molar-refractivity contribution >= 4 is 39.5 Å². The van der Waals surface area contributed by atoms with E-state index in [-0.39, 0.29) is 25.7 Å². The fourth-order valence-corrected chi connectivity index (χ4v) is 12.3. The van der Waals surface area contributed by atoms with Crippen molar-refractivity contribution in [2.45, 2.75) is 386 Å². The molecule has 0 saturated carbocycles. The number of rotatable bonds is 71. The molecule has 3 N–H and O–H groups in total. The lowest BCUT2D eigenvalue weighted by molar-refractivity contribution is -0.161. The van der Waals surface area contributed by atoms with Gasteiger partial charge in [-0.05, 0) is 25.7 Å². The molecule has 528 valence electrons. The SMILES string of the molecule is CCCCCCCCCCCCCCCCCCCC(=O)O[C@H](COC(=O)CCCCCCCCCCCCCC)COP(=O)(O)OC[C@@H](O)COP(=O)(O)OC[C@@H](COC(=O)CCCCCCCCCC)OC(=O)CCCCCCCCCCCCCC. The van der Waals surface area contributed by atoms with E-state index in [1.165, 1.54) is 193 Å². The molecule has 0 amide bonds. The third-order valence-electron chi connectivity index (χ3n) is 16.4. The Kier molecular flexibility index (Phi) is 63.3. The Bertz CT molecular complexity index is 1710. The Morgan fingerprint density at radius 3 is 0.663 bits per heavy atom. The van der Waals surface area contributed by atoms with E-state index in [0.29, 0.717) is 25.7 Å². The Balaban J connectivity index is 5.20. The lowest BCUT2D eigenvalue weighted by atomic mass is 10.0. The number of aliphatic hydroxyl groups is 1. The zero-order chi connectivity index (χ0) is 65.4. The van der Waals surface area contributed by atoms with Gasteiger partial charge in [-0.1, -0.05) is 317 Å². The van der Waals surface area contributed by atoms with Crippen LogP contribution in [0.3, 0.4) is 0 Å². The van der Waals surface area contributed by atoms with Crippen molar-refractivity contribution in [2.75, 3.05) is 39.6 Å². The highest BCUT2D eigenvalue weighted by Crippen LogP contribution is 2.45. The Hall–Kier alpha value is -1.94. The van der Waals surface area contributed by atoms with Crippen LogP contribution in [-0.2, 0) is 65.4 Å². The highest BCUT2D eigenvalue weighted by molar-refractivity contribution is 7.47. The van der Waals surface area contributed by atoms with Gasteiger partial charge < -0.3 is 33.8 Å². The number of unbranched alkanes of at least 4 members (excludes halogenated alkanes) is 45. The minimum absolute atomic E-state index is 0.108. The van der Waals surface area contributed by atoms with Gasteiger partial charge in [0, 0.05) is 25.7 Å². The molecule has 19 heteroatoms. The van der Waals surface area contributed by atoms with E-state index in [4.69, 9.17) is 37.0 Å². The highest BCUT2D eigenvalue weighted by atomic mass is 31.2. The van der Waals surface area contributed by atoms with Crippen molar-refractivity contribution < 1.29 is 80.2 Å². The number of carbonyl (C=O) groups excluding carboxylic acids is 4. The average Bonchev–Trinajstić information content (AvgIpc) is 3.66. The van der Waals surface area contributed by atoms with Crippen molar-refractivity contribution in [1.29, 1.82) is 0 Å². The molecule has 0 aromatic carbocycles. The molecule has 0 radical (unpaired) electrons. The summed E-state index contributed by atoms with van der Waals surface area (Å²) in [7, 11) is -9.89. The number of carbonyl (C=O) groups is 4. The lowest BCUT2D eigenvalue weighted by Crippen LogP contribution is -2.30. The topological polar surface area (TPSA) is 237 Å². The number of hydrogen-bond donors (Lipinski definition) is 3. The van der Waals surface area contributed by atoms with Crippen LogP contribution in [-0.4, -0.2) is 96.7 Å². The fourth-order valence-electron chi connectivity index (χ4n) is 10.7. The molecule has 0 aromatic heterocycles. The maximum atomic E-state index is 13.0. The molecule has 0 spiro atoms. The van der Waals surface area contributed by atoms with E-state index in [9.17, 15) is 43.2 Å². The summed E-state index contributed by atoms with van der Waals surface area (Å²) in [5.41, 5.74) is 0. The van der Waals surface area contributed by atoms with Crippen LogP contribution < -0.4 is 0 Å². The van der Waals surface area contributed by atoms with Crippen LogP contribution >= 0.6 is 15.6 Å². The predicted octanol–water partition coefficient (Wildman–Crippen LogP) is 20.3. The minimum Gasteiger partial charge on any atom is -0.462 e. The van der Waals surface area contributed by atoms with Gasteiger partial charge in [-0.15, -0.1) is 0 Å². The van der Waals surface area contributed by atoms with Crippen LogP contribution in [0.2, 0.25) is 0 Å². The Morgan fingerprint density at radius 1 is 0.270 bits per heavy atom. The van der Waals surface area contributed by atoms with Gasteiger partial charge in [0.1, 0.15) is 19.3 Å². The molecule has 5 atom stereocenters. The maximum absolute atomic E-state index is 13.0. The lowest BCUT2D eigenvalue weighted by Gasteiger charge is -2.21. The molecule has 0 fully saturated rings. The fraction of sp³-hybridized carbons (Fsp3) is 0.943. The second kappa shape index (κ2) is 64.8. The van der Waals surface area contributed by atoms with Crippen molar-refractivity contribution in [3.8, 4) is 0 Å². The standard InChI is InChI=1S/C70H136O17P2/c1-5-9-13-17-21-25-28-31-32-33-34-35-38-41-45-49-53-57-70(75)87-66(61-81-68(73)55-51-47-43-39-36-29-26-22-18-14-10-6-2)63-85-89(78,79)83-59-64(71)58-82-88(76,77)84-62-65(60-80-67(72)54-50-46-42-24-20-16-12-8-4)86-69(74)56-52-48-44-40-37-30-27-23-19-15-11-7-3/h64-66,71H,5-63H2,1-4H3,(H,76,77)(H,78,79)/t64-,65+,66+/m0/s1. The second-order valence-corrected chi connectivity index (χ2v) is 28.2. The molecule has 17 nitrogen and oxygen atoms in total. The first-order chi connectivity index (χ1) is 43.2. The molecule has 0 rings (SSSR count). The van der Waals surface area contributed by atoms with Gasteiger partial charge in [-0.2, -0.15) is 0 Å². The maximum Gasteiger partial charge on any atom is 0.472 e. The van der Waals surface area contributed by atoms with E-state index >= 15 is 0 Å². The van der Waals surface area contributed by atoms with E-state index in [2.05, 4.69) is 27.7 Å². The van der Waals surface area contributed by atoms with Gasteiger partial charge in [0.2, 0.25) is 0 Å². The van der Waals surface area contributed by atoms with E-state index in [1.54, 1.807) is 0 Å². The molecule has 0 aliphatic rings. The summed E-state index contributed by atoms with van der Waals surface area (Å²) in [6.45, 7) is 4.92. The third-order valence-corrected chi connectivity index (χ3v) is 18.3. The largest absolute Gasteiger partial charge is 0.472 e. The second-order valence-electron chi connectivity index (χ2n) is 25.3. The smallest absolute Gasteiger partial charge is 0.462 e. The van der Waals surface area contributed by atoms with Gasteiger partial charge >= 0.3 is 39.5 Å². The molecule has 0 bridgehead atoms. The normalized spacial score (nSPS) is 14.0. The molecule has 89 heavy (non-hydrogen) atoms. The Morgan fingerprint density at radius 2 is 0.449 bits per heavy atom. The van der Waals surface area contributed by atoms with E-state index < -0.39 is 97.5 Å². The van der Waals surface area contributed by atoms with Crippen molar-refractivity contribution in [3.05, 3.63) is 0 Å². The summed E-state index contributed by atoms with van der Waals surface area (Å²) in [6.07, 6.45) is 52.6. The Labute approximate surface area is 543 Å². The first-order valence-corrected chi connectivity index (χ1v) is 39.8. The quantitative estimate of drug-likeness (QED) is 0.0222. The number of aliphatic hydroxyl groups excluding tert-OH is 1. The third kappa shape index (κ3) is 64.6. The highest BCUT2D eigenvalue weighted by Gasteiger charge is 2.30. The molecule has 0 heterocycles. The van der Waals surface area contributed by atoms with Crippen LogP contribution in [0.1, 0.15) is 368 Å². The molecule has 0 aliphatic heterocycles. The summed E-state index contributed by atoms with van der Waals surface area (Å²) in [5.74, 6) is -2.12. The summed E-state index contributed by atoms with van der Waals surface area (Å²) in [5, 5.41) is 10.6. The van der Waals surface area contributed by atoms with Crippen LogP contribution in [0.15, 0.2) is 0 Å². The van der Waals surface area contributed by atoms with Crippen LogP contribution in [0, 0.1) is 0 Å². The van der Waals surface area contributed by atoms with Gasteiger partial charge in [-0.25, -0.2) is 9.13 Å². The van der Waals surface area contributed by atoms with Crippen molar-refractivity contribution in [1.82, 2.24) is 0 Å². The average molecular weight is 1310 g/mol. The first kappa shape index (κ1) is 87.1. The number of phosphoric ester groups is 2. The molecular weight excluding hydrogens is 1170 g/mol. The van der Waals surface area contributed by atoms with Crippen LogP contribution in [0.4, 0.5) is 0 Å². The van der Waals surface area contributed by atoms with Crippen molar-refractivity contribution in [3.63, 3.8) is 0 Å². The molecule has 0 saturated heterocycles. The number of hydrogen-bond acceptors (Lipinski definition) is 15. The number of ether oxygens (including phenoxy) is 4. The summed E-state index contributed by atoms with van der Waals surface area (Å²) < 4.78 is 68.2. The van der Waals surface area contributed by atoms with Gasteiger partial charge in [0.05, 0.1) is 26.4 Å². The zero-order valence-electron chi connectivity index (χ0n) is 57.4. The molecular formula is C70H136O17P2.